The lowest BCUT2D eigenvalue weighted by atomic mass is 10.2. The fourth-order valence-corrected chi connectivity index (χ4v) is 2.79. The predicted molar refractivity (Wildman–Crippen MR) is 127 cm³/mol. The number of hydrogen-bond donors (Lipinski definition) is 3. The first-order valence-corrected chi connectivity index (χ1v) is 9.11. The van der Waals surface area contributed by atoms with E-state index in [4.69, 9.17) is 0 Å². The molecule has 1 aromatic heterocycles. The smallest absolute Gasteiger partial charge is 0.243 e. The minimum atomic E-state index is -0.350. The van der Waals surface area contributed by atoms with Crippen LogP contribution in [-0.2, 0) is 11.3 Å². The molecular formula is C21H24FIN6O. The third-order valence-corrected chi connectivity index (χ3v) is 4.21. The maximum atomic E-state index is 12.9. The van der Waals surface area contributed by atoms with Gasteiger partial charge >= 0.3 is 0 Å². The largest absolute Gasteiger partial charge is 0.347 e. The molecule has 1 heterocycles. The number of imidazole rings is 1. The van der Waals surface area contributed by atoms with Crippen molar-refractivity contribution in [2.24, 2.45) is 4.99 Å². The number of anilines is 1. The van der Waals surface area contributed by atoms with Gasteiger partial charge in [0.25, 0.3) is 0 Å². The molecule has 0 bridgehead atoms. The van der Waals surface area contributed by atoms with E-state index in [1.807, 2.05) is 42.3 Å². The maximum absolute atomic E-state index is 12.9. The van der Waals surface area contributed by atoms with Crippen molar-refractivity contribution in [3.8, 4) is 11.3 Å². The van der Waals surface area contributed by atoms with Gasteiger partial charge in [0.05, 0.1) is 25.0 Å². The van der Waals surface area contributed by atoms with E-state index in [1.54, 1.807) is 13.2 Å². The quantitative estimate of drug-likeness (QED) is 0.263. The van der Waals surface area contributed by atoms with E-state index >= 15 is 0 Å². The van der Waals surface area contributed by atoms with Gasteiger partial charge in [-0.3, -0.25) is 9.79 Å². The summed E-state index contributed by atoms with van der Waals surface area (Å²) in [6, 6.07) is 15.6. The summed E-state index contributed by atoms with van der Waals surface area (Å²) in [7, 11) is 3.51. The van der Waals surface area contributed by atoms with Crippen molar-refractivity contribution >= 4 is 41.5 Å². The summed E-state index contributed by atoms with van der Waals surface area (Å²) < 4.78 is 12.9. The molecule has 0 spiro atoms. The summed E-state index contributed by atoms with van der Waals surface area (Å²) in [4.78, 5) is 25.9. The van der Waals surface area contributed by atoms with Crippen LogP contribution in [0.5, 0.6) is 0 Å². The van der Waals surface area contributed by atoms with Gasteiger partial charge in [-0.1, -0.05) is 30.3 Å². The van der Waals surface area contributed by atoms with Crippen LogP contribution in [-0.4, -0.2) is 47.4 Å². The average molecular weight is 522 g/mol. The van der Waals surface area contributed by atoms with Gasteiger partial charge in [-0.2, -0.15) is 0 Å². The van der Waals surface area contributed by atoms with Crippen LogP contribution in [0.4, 0.5) is 10.1 Å². The Morgan fingerprint density at radius 2 is 1.87 bits per heavy atom. The Morgan fingerprint density at radius 1 is 1.17 bits per heavy atom. The third-order valence-electron chi connectivity index (χ3n) is 4.21. The first-order chi connectivity index (χ1) is 14.0. The zero-order valence-electron chi connectivity index (χ0n) is 16.7. The van der Waals surface area contributed by atoms with Crippen LogP contribution < -0.4 is 10.6 Å². The molecule has 7 nitrogen and oxygen atoms in total. The van der Waals surface area contributed by atoms with E-state index in [1.165, 1.54) is 24.3 Å². The first kappa shape index (κ1) is 23.3. The van der Waals surface area contributed by atoms with Crippen LogP contribution in [0.25, 0.3) is 11.3 Å². The zero-order chi connectivity index (χ0) is 20.6. The Bertz CT molecular complexity index is 975. The molecule has 9 heteroatoms. The van der Waals surface area contributed by atoms with Gasteiger partial charge in [-0.15, -0.1) is 24.0 Å². The lowest BCUT2D eigenvalue weighted by Crippen LogP contribution is -2.42. The number of hydrogen-bond acceptors (Lipinski definition) is 3. The van der Waals surface area contributed by atoms with E-state index in [2.05, 4.69) is 25.6 Å². The summed E-state index contributed by atoms with van der Waals surface area (Å²) >= 11 is 0. The van der Waals surface area contributed by atoms with Crippen LogP contribution in [0, 0.1) is 5.82 Å². The molecule has 0 aliphatic heterocycles. The van der Waals surface area contributed by atoms with Gasteiger partial charge in [0.15, 0.2) is 5.96 Å². The molecule has 3 rings (SSSR count). The van der Waals surface area contributed by atoms with Gasteiger partial charge in [0.2, 0.25) is 5.91 Å². The topological polar surface area (TPSA) is 85.4 Å². The van der Waals surface area contributed by atoms with Crippen molar-refractivity contribution < 1.29 is 9.18 Å². The van der Waals surface area contributed by atoms with Crippen LogP contribution in [0.2, 0.25) is 0 Å². The highest BCUT2D eigenvalue weighted by atomic mass is 127. The predicted octanol–water partition coefficient (Wildman–Crippen LogP) is 3.48. The SMILES string of the molecule is CN=C(NCC(=O)Nc1ccc(F)cc1)N(C)Cc1ncc(-c2ccccc2)[nH]1.I. The number of guanidine groups is 1. The molecule has 0 radical (unpaired) electrons. The maximum Gasteiger partial charge on any atom is 0.243 e. The summed E-state index contributed by atoms with van der Waals surface area (Å²) in [5, 5.41) is 5.71. The molecule has 2 aromatic carbocycles. The number of carbonyl (C=O) groups excluding carboxylic acids is 1. The monoisotopic (exact) mass is 522 g/mol. The molecule has 30 heavy (non-hydrogen) atoms. The highest BCUT2D eigenvalue weighted by molar-refractivity contribution is 14.0. The summed E-state index contributed by atoms with van der Waals surface area (Å²) in [5.74, 6) is 0.731. The van der Waals surface area contributed by atoms with Gasteiger partial charge < -0.3 is 20.5 Å². The van der Waals surface area contributed by atoms with Crippen LogP contribution >= 0.6 is 24.0 Å². The number of halogens is 2. The number of aliphatic imine (C=N–C) groups is 1. The lowest BCUT2D eigenvalue weighted by molar-refractivity contribution is -0.115. The lowest BCUT2D eigenvalue weighted by Gasteiger charge is -2.20. The average Bonchev–Trinajstić information content (AvgIpc) is 3.19. The second-order valence-corrected chi connectivity index (χ2v) is 6.42. The number of nitrogens with zero attached hydrogens (tertiary/aromatic N) is 3. The van der Waals surface area contributed by atoms with E-state index in [9.17, 15) is 9.18 Å². The van der Waals surface area contributed by atoms with Gasteiger partial charge in [-0.05, 0) is 29.8 Å². The summed E-state index contributed by atoms with van der Waals surface area (Å²) in [6.07, 6.45) is 1.80. The number of carbonyl (C=O) groups is 1. The standard InChI is InChI=1S/C21H23FN6O.HI/c1-23-21(25-13-20(29)26-17-10-8-16(22)9-11-17)28(2)14-19-24-12-18(27-19)15-6-4-3-5-7-15;/h3-12H,13-14H2,1-2H3,(H,23,25)(H,24,27)(H,26,29);1H. The van der Waals surface area contributed by atoms with E-state index in [0.717, 1.165) is 17.1 Å². The second kappa shape index (κ2) is 11.3. The Balaban J connectivity index is 0.00000320. The highest BCUT2D eigenvalue weighted by Gasteiger charge is 2.11. The molecule has 0 unspecified atom stereocenters. The third kappa shape index (κ3) is 6.55. The Hall–Kier alpha value is -2.95. The van der Waals surface area contributed by atoms with Crippen molar-refractivity contribution in [3.05, 3.63) is 72.4 Å². The molecule has 3 aromatic rings. The number of benzene rings is 2. The van der Waals surface area contributed by atoms with Crippen molar-refractivity contribution in [3.63, 3.8) is 0 Å². The number of amides is 1. The normalized spacial score (nSPS) is 10.8. The van der Waals surface area contributed by atoms with Crippen LogP contribution in [0.3, 0.4) is 0 Å². The van der Waals surface area contributed by atoms with Gasteiger partial charge in [0.1, 0.15) is 11.6 Å². The summed E-state index contributed by atoms with van der Waals surface area (Å²) in [6.45, 7) is 0.522. The fraction of sp³-hybridized carbons (Fsp3) is 0.190. The fourth-order valence-electron chi connectivity index (χ4n) is 2.79. The number of H-pyrrole nitrogens is 1. The van der Waals surface area contributed by atoms with Crippen LogP contribution in [0.15, 0.2) is 65.8 Å². The molecule has 158 valence electrons. The minimum absolute atomic E-state index is 0. The van der Waals surface area contributed by atoms with Crippen molar-refractivity contribution in [1.29, 1.82) is 0 Å². The van der Waals surface area contributed by atoms with E-state index in [0.29, 0.717) is 18.2 Å². The number of rotatable bonds is 6. The molecular weight excluding hydrogens is 498 g/mol. The zero-order valence-corrected chi connectivity index (χ0v) is 19.1. The number of nitrogens with one attached hydrogen (secondary N) is 3. The second-order valence-electron chi connectivity index (χ2n) is 6.42. The molecule has 0 aliphatic rings. The van der Waals surface area contributed by atoms with Crippen molar-refractivity contribution in [2.75, 3.05) is 26.0 Å². The van der Waals surface area contributed by atoms with Crippen molar-refractivity contribution in [2.45, 2.75) is 6.54 Å². The highest BCUT2D eigenvalue weighted by Crippen LogP contribution is 2.16. The van der Waals surface area contributed by atoms with Gasteiger partial charge in [0, 0.05) is 19.8 Å². The number of aromatic amines is 1. The molecule has 3 N–H and O–H groups in total. The molecule has 0 fully saturated rings. The number of aromatic nitrogens is 2. The molecule has 0 aliphatic carbocycles. The molecule has 0 saturated carbocycles. The Morgan fingerprint density at radius 3 is 2.53 bits per heavy atom. The molecule has 0 atom stereocenters. The van der Waals surface area contributed by atoms with E-state index in [-0.39, 0.29) is 42.2 Å². The Kier molecular flexibility index (Phi) is 8.78. The Labute approximate surface area is 191 Å². The van der Waals surface area contributed by atoms with E-state index < -0.39 is 0 Å². The first-order valence-electron chi connectivity index (χ1n) is 9.11. The summed E-state index contributed by atoms with van der Waals surface area (Å²) in [5.41, 5.74) is 2.54. The molecule has 0 saturated heterocycles. The minimum Gasteiger partial charge on any atom is -0.347 e. The van der Waals surface area contributed by atoms with Gasteiger partial charge in [-0.25, -0.2) is 9.37 Å². The van der Waals surface area contributed by atoms with Crippen LogP contribution in [0.1, 0.15) is 5.82 Å². The molecule has 1 amide bonds. The van der Waals surface area contributed by atoms with Crippen molar-refractivity contribution in [1.82, 2.24) is 20.2 Å².